The maximum absolute atomic E-state index is 9.44. The normalized spacial score (nSPS) is 11.1. The smallest absolute Gasteiger partial charge is 0.120 e. The summed E-state index contributed by atoms with van der Waals surface area (Å²) in [4.78, 5) is 0. The van der Waals surface area contributed by atoms with Crippen LogP contribution < -0.4 is 4.74 Å². The first-order chi connectivity index (χ1) is 10.2. The molecule has 0 saturated carbocycles. The van der Waals surface area contributed by atoms with Gasteiger partial charge in [-0.3, -0.25) is 0 Å². The molecule has 0 radical (unpaired) electrons. The molecule has 0 atom stereocenters. The van der Waals surface area contributed by atoms with E-state index in [0.29, 0.717) is 12.0 Å². The van der Waals surface area contributed by atoms with Crippen LogP contribution in [0.2, 0.25) is 0 Å². The van der Waals surface area contributed by atoms with E-state index in [0.717, 1.165) is 44.3 Å². The number of aliphatic hydroxyl groups excluding tert-OH is 1. The Hall–Kier alpha value is -1.53. The molecule has 1 aromatic carbocycles. The van der Waals surface area contributed by atoms with Crippen LogP contribution in [-0.2, 0) is 0 Å². The fraction of sp³-hybridized carbons (Fsp3) is 0.611. The van der Waals surface area contributed by atoms with Crippen LogP contribution in [0.15, 0.2) is 24.3 Å². The minimum absolute atomic E-state index is 0.143. The third-order valence-electron chi connectivity index (χ3n) is 3.86. The molecular formula is C18H27NO2. The molecule has 0 amide bonds. The second-order valence-electron chi connectivity index (χ2n) is 5.60. The van der Waals surface area contributed by atoms with Gasteiger partial charge in [-0.05, 0) is 49.9 Å². The van der Waals surface area contributed by atoms with E-state index >= 15 is 0 Å². The zero-order valence-corrected chi connectivity index (χ0v) is 13.3. The van der Waals surface area contributed by atoms with Crippen LogP contribution in [0, 0.1) is 11.3 Å². The number of nitrogens with zero attached hydrogens (tertiary/aromatic N) is 1. The second-order valence-corrected chi connectivity index (χ2v) is 5.60. The van der Waals surface area contributed by atoms with Gasteiger partial charge in [0.1, 0.15) is 11.4 Å². The van der Waals surface area contributed by atoms with Crippen molar-refractivity contribution in [3.8, 4) is 11.8 Å². The zero-order valence-electron chi connectivity index (χ0n) is 13.3. The topological polar surface area (TPSA) is 53.2 Å². The first-order valence-electron chi connectivity index (χ1n) is 7.99. The molecule has 0 unspecified atom stereocenters. The molecule has 0 bridgehead atoms. The third-order valence-corrected chi connectivity index (χ3v) is 3.86. The van der Waals surface area contributed by atoms with E-state index in [1.54, 1.807) is 12.1 Å². The highest BCUT2D eigenvalue weighted by Gasteiger charge is 2.30. The van der Waals surface area contributed by atoms with Gasteiger partial charge in [-0.2, -0.15) is 5.26 Å². The number of rotatable bonds is 10. The van der Waals surface area contributed by atoms with Crippen molar-refractivity contribution in [3.05, 3.63) is 29.8 Å². The summed E-state index contributed by atoms with van der Waals surface area (Å²) < 4.78 is 6.28. The number of ether oxygens (including phenoxy) is 1. The van der Waals surface area contributed by atoms with Crippen molar-refractivity contribution in [2.24, 2.45) is 0 Å². The van der Waals surface area contributed by atoms with E-state index in [9.17, 15) is 5.11 Å². The number of nitriles is 1. The summed E-state index contributed by atoms with van der Waals surface area (Å²) in [5.41, 5.74) is 0.354. The van der Waals surface area contributed by atoms with Crippen LogP contribution in [0.5, 0.6) is 5.75 Å². The van der Waals surface area contributed by atoms with Crippen LogP contribution in [-0.4, -0.2) is 17.3 Å². The summed E-state index contributed by atoms with van der Waals surface area (Å²) in [5, 5.41) is 18.3. The van der Waals surface area contributed by atoms with Gasteiger partial charge in [0, 0.05) is 13.0 Å². The SMILES string of the molecule is CCCCC(CCO)(CCCC)Oc1ccc(C#N)cc1. The van der Waals surface area contributed by atoms with Crippen molar-refractivity contribution in [2.45, 2.75) is 64.4 Å². The molecule has 3 heteroatoms. The number of benzene rings is 1. The van der Waals surface area contributed by atoms with Gasteiger partial charge in [-0.15, -0.1) is 0 Å². The lowest BCUT2D eigenvalue weighted by molar-refractivity contribution is 0.0211. The lowest BCUT2D eigenvalue weighted by Gasteiger charge is -2.34. The molecule has 1 N–H and O–H groups in total. The molecule has 0 aliphatic carbocycles. The molecule has 0 fully saturated rings. The summed E-state index contributed by atoms with van der Waals surface area (Å²) in [5.74, 6) is 0.787. The van der Waals surface area contributed by atoms with E-state index in [1.807, 2.05) is 12.1 Å². The van der Waals surface area contributed by atoms with Crippen LogP contribution in [0.4, 0.5) is 0 Å². The van der Waals surface area contributed by atoms with Gasteiger partial charge in [0.25, 0.3) is 0 Å². The summed E-state index contributed by atoms with van der Waals surface area (Å²) in [6, 6.07) is 9.37. The van der Waals surface area contributed by atoms with Crippen molar-refractivity contribution < 1.29 is 9.84 Å². The Bertz CT molecular complexity index is 426. The molecule has 21 heavy (non-hydrogen) atoms. The number of hydrogen-bond donors (Lipinski definition) is 1. The van der Waals surface area contributed by atoms with Crippen LogP contribution in [0.3, 0.4) is 0 Å². The fourth-order valence-corrected chi connectivity index (χ4v) is 2.58. The summed E-state index contributed by atoms with van der Waals surface area (Å²) in [7, 11) is 0. The Morgan fingerprint density at radius 1 is 1.05 bits per heavy atom. The molecule has 116 valence electrons. The highest BCUT2D eigenvalue weighted by molar-refractivity contribution is 5.34. The largest absolute Gasteiger partial charge is 0.487 e. The zero-order chi connectivity index (χ0) is 15.6. The minimum atomic E-state index is -0.283. The molecule has 0 aromatic heterocycles. The highest BCUT2D eigenvalue weighted by Crippen LogP contribution is 2.31. The monoisotopic (exact) mass is 289 g/mol. The second kappa shape index (κ2) is 9.41. The molecule has 0 aliphatic heterocycles. The van der Waals surface area contributed by atoms with Crippen molar-refractivity contribution >= 4 is 0 Å². The van der Waals surface area contributed by atoms with Gasteiger partial charge in [0.05, 0.1) is 11.6 Å². The highest BCUT2D eigenvalue weighted by atomic mass is 16.5. The Kier molecular flexibility index (Phi) is 7.85. The van der Waals surface area contributed by atoms with Crippen molar-refractivity contribution in [1.29, 1.82) is 5.26 Å². The van der Waals surface area contributed by atoms with E-state index in [1.165, 1.54) is 0 Å². The van der Waals surface area contributed by atoms with Crippen LogP contribution in [0.1, 0.15) is 64.4 Å². The summed E-state index contributed by atoms with van der Waals surface area (Å²) in [6.45, 7) is 4.49. The first kappa shape index (κ1) is 17.5. The van der Waals surface area contributed by atoms with Gasteiger partial charge in [-0.25, -0.2) is 0 Å². The van der Waals surface area contributed by atoms with Crippen molar-refractivity contribution in [1.82, 2.24) is 0 Å². The minimum Gasteiger partial charge on any atom is -0.487 e. The first-order valence-corrected chi connectivity index (χ1v) is 7.99. The van der Waals surface area contributed by atoms with Gasteiger partial charge in [-0.1, -0.05) is 26.7 Å². The summed E-state index contributed by atoms with van der Waals surface area (Å²) >= 11 is 0. The molecule has 3 nitrogen and oxygen atoms in total. The quantitative estimate of drug-likeness (QED) is 0.693. The number of aliphatic hydroxyl groups is 1. The molecule has 1 rings (SSSR count). The maximum atomic E-state index is 9.44. The standard InChI is InChI=1S/C18H27NO2/c1-3-5-11-18(13-14-20,12-6-4-2)21-17-9-7-16(15-19)8-10-17/h7-10,20H,3-6,11-14H2,1-2H3. The lowest BCUT2D eigenvalue weighted by atomic mass is 9.87. The van der Waals surface area contributed by atoms with Gasteiger partial charge in [0.2, 0.25) is 0 Å². The van der Waals surface area contributed by atoms with E-state index in [4.69, 9.17) is 10.00 Å². The van der Waals surface area contributed by atoms with Gasteiger partial charge >= 0.3 is 0 Å². The van der Waals surface area contributed by atoms with Crippen LogP contribution in [0.25, 0.3) is 0 Å². The van der Waals surface area contributed by atoms with Crippen molar-refractivity contribution in [2.75, 3.05) is 6.61 Å². The Labute approximate surface area is 128 Å². The Morgan fingerprint density at radius 3 is 2.05 bits per heavy atom. The molecule has 0 aliphatic rings. The average Bonchev–Trinajstić information content (AvgIpc) is 2.52. The maximum Gasteiger partial charge on any atom is 0.120 e. The number of hydrogen-bond acceptors (Lipinski definition) is 3. The number of unbranched alkanes of at least 4 members (excludes halogenated alkanes) is 2. The van der Waals surface area contributed by atoms with Crippen LogP contribution >= 0.6 is 0 Å². The third kappa shape index (κ3) is 5.77. The average molecular weight is 289 g/mol. The fourth-order valence-electron chi connectivity index (χ4n) is 2.58. The summed E-state index contributed by atoms with van der Waals surface area (Å²) in [6.07, 6.45) is 7.02. The van der Waals surface area contributed by atoms with E-state index in [2.05, 4.69) is 19.9 Å². The van der Waals surface area contributed by atoms with E-state index < -0.39 is 0 Å². The predicted molar refractivity (Wildman–Crippen MR) is 85.3 cm³/mol. The lowest BCUT2D eigenvalue weighted by Crippen LogP contribution is -2.37. The molecule has 1 aromatic rings. The Morgan fingerprint density at radius 2 is 1.62 bits per heavy atom. The Balaban J connectivity index is 2.88. The molecule has 0 spiro atoms. The predicted octanol–water partition coefficient (Wildman–Crippen LogP) is 4.44. The van der Waals surface area contributed by atoms with Gasteiger partial charge < -0.3 is 9.84 Å². The molecular weight excluding hydrogens is 262 g/mol. The van der Waals surface area contributed by atoms with Gasteiger partial charge in [0.15, 0.2) is 0 Å². The molecule has 0 saturated heterocycles. The van der Waals surface area contributed by atoms with E-state index in [-0.39, 0.29) is 12.2 Å². The van der Waals surface area contributed by atoms with Crippen molar-refractivity contribution in [3.63, 3.8) is 0 Å². The molecule has 0 heterocycles.